The van der Waals surface area contributed by atoms with Crippen LogP contribution in [0.5, 0.6) is 0 Å². The van der Waals surface area contributed by atoms with Crippen LogP contribution in [0, 0.1) is 0 Å². The molecular formula is C12H20N2O2. The summed E-state index contributed by atoms with van der Waals surface area (Å²) < 4.78 is 0. The molecule has 1 aliphatic rings. The van der Waals surface area contributed by atoms with Crippen molar-refractivity contribution in [1.82, 2.24) is 5.32 Å². The van der Waals surface area contributed by atoms with E-state index in [1.807, 2.05) is 27.7 Å². The molecule has 0 aliphatic carbocycles. The van der Waals surface area contributed by atoms with Crippen molar-refractivity contribution < 1.29 is 9.59 Å². The lowest BCUT2D eigenvalue weighted by atomic mass is 10.2. The summed E-state index contributed by atoms with van der Waals surface area (Å²) in [5, 5.41) is 2.38. The van der Waals surface area contributed by atoms with E-state index < -0.39 is 11.7 Å². The Hall–Kier alpha value is -1.71. The second kappa shape index (κ2) is 9.83. The van der Waals surface area contributed by atoms with Gasteiger partial charge in [0.2, 0.25) is 0 Å². The summed E-state index contributed by atoms with van der Waals surface area (Å²) in [5.41, 5.74) is 0.586. The van der Waals surface area contributed by atoms with Gasteiger partial charge in [-0.05, 0) is 6.92 Å². The Bertz CT molecular complexity index is 315. The van der Waals surface area contributed by atoms with Crippen LogP contribution >= 0.6 is 0 Å². The number of amides is 1. The summed E-state index contributed by atoms with van der Waals surface area (Å²) in [6.07, 6.45) is 2.85. The molecule has 0 aromatic heterocycles. The fourth-order valence-corrected chi connectivity index (χ4v) is 0.896. The van der Waals surface area contributed by atoms with Crippen LogP contribution in [-0.4, -0.2) is 17.4 Å². The molecule has 0 aromatic rings. The van der Waals surface area contributed by atoms with E-state index in [0.29, 0.717) is 5.70 Å². The molecule has 0 spiro atoms. The SMILES string of the molecule is C=CN=C1C(=O)C(=O)N/C1=C/C.CC.CC. The van der Waals surface area contributed by atoms with Gasteiger partial charge < -0.3 is 5.32 Å². The van der Waals surface area contributed by atoms with Crippen LogP contribution in [0.2, 0.25) is 0 Å². The number of rotatable bonds is 1. The maximum Gasteiger partial charge on any atom is 0.298 e. The lowest BCUT2D eigenvalue weighted by Gasteiger charge is -1.92. The van der Waals surface area contributed by atoms with Crippen molar-refractivity contribution >= 4 is 17.4 Å². The van der Waals surface area contributed by atoms with Gasteiger partial charge in [0, 0.05) is 6.20 Å². The molecule has 90 valence electrons. The topological polar surface area (TPSA) is 58.5 Å². The van der Waals surface area contributed by atoms with Gasteiger partial charge in [-0.15, -0.1) is 0 Å². The van der Waals surface area contributed by atoms with Crippen molar-refractivity contribution in [1.29, 1.82) is 0 Å². The average molecular weight is 224 g/mol. The van der Waals surface area contributed by atoms with Gasteiger partial charge in [0.05, 0.1) is 5.70 Å². The molecule has 1 aliphatic heterocycles. The second-order valence-corrected chi connectivity index (χ2v) is 2.15. The number of hydrogen-bond acceptors (Lipinski definition) is 3. The summed E-state index contributed by atoms with van der Waals surface area (Å²) in [5.74, 6) is -1.24. The van der Waals surface area contributed by atoms with Gasteiger partial charge in [0.1, 0.15) is 5.71 Å². The molecule has 1 fully saturated rings. The zero-order valence-corrected chi connectivity index (χ0v) is 10.6. The van der Waals surface area contributed by atoms with Crippen molar-refractivity contribution in [2.45, 2.75) is 34.6 Å². The number of carbonyl (C=O) groups is 2. The van der Waals surface area contributed by atoms with Crippen molar-refractivity contribution in [3.8, 4) is 0 Å². The molecule has 1 N–H and O–H groups in total. The number of nitrogens with zero attached hydrogens (tertiary/aromatic N) is 1. The van der Waals surface area contributed by atoms with Gasteiger partial charge in [-0.25, -0.2) is 0 Å². The summed E-state index contributed by atoms with van der Waals surface area (Å²) in [7, 11) is 0. The number of nitrogens with one attached hydrogen (secondary N) is 1. The zero-order chi connectivity index (χ0) is 13.1. The highest BCUT2D eigenvalue weighted by Crippen LogP contribution is 2.04. The third-order valence-corrected chi connectivity index (χ3v) is 1.43. The molecule has 1 heterocycles. The van der Waals surface area contributed by atoms with E-state index in [1.54, 1.807) is 13.0 Å². The minimum Gasteiger partial charge on any atom is -0.317 e. The molecule has 0 bridgehead atoms. The molecule has 1 amide bonds. The highest BCUT2D eigenvalue weighted by Gasteiger charge is 2.31. The normalized spacial score (nSPS) is 18.3. The van der Waals surface area contributed by atoms with Gasteiger partial charge in [-0.2, -0.15) is 0 Å². The highest BCUT2D eigenvalue weighted by molar-refractivity contribution is 6.72. The van der Waals surface area contributed by atoms with Crippen LogP contribution in [0.15, 0.2) is 29.5 Å². The molecule has 0 aromatic carbocycles. The summed E-state index contributed by atoms with van der Waals surface area (Å²) in [6, 6.07) is 0. The molecule has 4 nitrogen and oxygen atoms in total. The number of Topliss-reactive ketones (excluding diaryl/α,β-unsaturated/α-hetero) is 1. The molecule has 0 unspecified atom stereocenters. The molecule has 1 saturated heterocycles. The third-order valence-electron chi connectivity index (χ3n) is 1.43. The van der Waals surface area contributed by atoms with Crippen LogP contribution < -0.4 is 5.32 Å². The van der Waals surface area contributed by atoms with E-state index in [9.17, 15) is 9.59 Å². The number of hydrogen-bond donors (Lipinski definition) is 1. The van der Waals surface area contributed by atoms with Crippen LogP contribution in [0.4, 0.5) is 0 Å². The fourth-order valence-electron chi connectivity index (χ4n) is 0.896. The average Bonchev–Trinajstić information content (AvgIpc) is 2.62. The van der Waals surface area contributed by atoms with E-state index >= 15 is 0 Å². The number of ketones is 1. The van der Waals surface area contributed by atoms with Gasteiger partial charge in [-0.3, -0.25) is 14.6 Å². The van der Waals surface area contributed by atoms with Crippen molar-refractivity contribution in [2.24, 2.45) is 4.99 Å². The van der Waals surface area contributed by atoms with Gasteiger partial charge in [-0.1, -0.05) is 40.3 Å². The van der Waals surface area contributed by atoms with E-state index in [0.717, 1.165) is 0 Å². The number of aliphatic imine (C=N–C) groups is 1. The van der Waals surface area contributed by atoms with E-state index in [-0.39, 0.29) is 5.71 Å². The van der Waals surface area contributed by atoms with Crippen LogP contribution in [0.1, 0.15) is 34.6 Å². The lowest BCUT2D eigenvalue weighted by molar-refractivity contribution is -0.132. The van der Waals surface area contributed by atoms with Crippen LogP contribution in [-0.2, 0) is 9.59 Å². The number of allylic oxidation sites excluding steroid dienone is 2. The van der Waals surface area contributed by atoms with Gasteiger partial charge in [0.25, 0.3) is 11.7 Å². The maximum absolute atomic E-state index is 11.0. The fraction of sp³-hybridized carbons (Fsp3) is 0.417. The molecule has 0 saturated carbocycles. The summed E-state index contributed by atoms with van der Waals surface area (Å²) in [6.45, 7) is 13.1. The standard InChI is InChI=1S/C8H8N2O2.2C2H6/c1-3-5-6(9-4-2)7(11)8(12)10-5;2*1-2/h3-4H,2H2,1H3,(H,10,12);2*1-2H3/b5-3+,9-6?;;. The van der Waals surface area contributed by atoms with Gasteiger partial charge in [0.15, 0.2) is 0 Å². The largest absolute Gasteiger partial charge is 0.317 e. The Balaban J connectivity index is 0. The lowest BCUT2D eigenvalue weighted by Crippen LogP contribution is -2.18. The Morgan fingerprint density at radius 2 is 1.69 bits per heavy atom. The van der Waals surface area contributed by atoms with E-state index in [2.05, 4.69) is 16.9 Å². The second-order valence-electron chi connectivity index (χ2n) is 2.15. The van der Waals surface area contributed by atoms with Gasteiger partial charge >= 0.3 is 0 Å². The third kappa shape index (κ3) is 4.21. The zero-order valence-electron chi connectivity index (χ0n) is 10.6. The smallest absolute Gasteiger partial charge is 0.298 e. The molecular weight excluding hydrogens is 204 g/mol. The predicted octanol–water partition coefficient (Wildman–Crippen LogP) is 2.23. The first kappa shape index (κ1) is 16.7. The minimum atomic E-state index is -0.635. The van der Waals surface area contributed by atoms with Crippen molar-refractivity contribution in [2.75, 3.05) is 0 Å². The molecule has 16 heavy (non-hydrogen) atoms. The van der Waals surface area contributed by atoms with Crippen LogP contribution in [0.3, 0.4) is 0 Å². The summed E-state index contributed by atoms with van der Waals surface area (Å²) >= 11 is 0. The van der Waals surface area contributed by atoms with Crippen molar-refractivity contribution in [3.05, 3.63) is 24.6 Å². The minimum absolute atomic E-state index is 0.137. The molecule has 4 heteroatoms. The summed E-state index contributed by atoms with van der Waals surface area (Å²) in [4.78, 5) is 25.5. The predicted molar refractivity (Wildman–Crippen MR) is 67.2 cm³/mol. The Labute approximate surface area is 97.1 Å². The monoisotopic (exact) mass is 224 g/mol. The Morgan fingerprint density at radius 1 is 1.19 bits per heavy atom. The molecule has 1 rings (SSSR count). The molecule has 0 atom stereocenters. The highest BCUT2D eigenvalue weighted by atomic mass is 16.2. The molecule has 0 radical (unpaired) electrons. The first-order valence-corrected chi connectivity index (χ1v) is 5.41. The number of carbonyl (C=O) groups excluding carboxylic acids is 2. The quantitative estimate of drug-likeness (QED) is 0.694. The maximum atomic E-state index is 11.0. The van der Waals surface area contributed by atoms with E-state index in [4.69, 9.17) is 0 Å². The van der Waals surface area contributed by atoms with Crippen molar-refractivity contribution in [3.63, 3.8) is 0 Å². The first-order chi connectivity index (χ1) is 7.70. The van der Waals surface area contributed by atoms with Crippen LogP contribution in [0.25, 0.3) is 0 Å². The Kier molecular flexibility index (Phi) is 10.3. The first-order valence-electron chi connectivity index (χ1n) is 5.41. The Morgan fingerprint density at radius 3 is 2.06 bits per heavy atom. The van der Waals surface area contributed by atoms with E-state index in [1.165, 1.54) is 6.20 Å².